The zero-order chi connectivity index (χ0) is 76.9. The SMILES string of the molecule is CC1(C)OB(c2ccc3sc4ccccc4c3c2)OC1(C)C.Cc1ccc(N(c2ccccc2)c2ccccc2)c(N(c2ccccc2)c2ccc3c(c2)sc2ccccc23)c1.c1ccc(N(c2ccccc2)c2ccc(-c3ccc4sc5ccccc5c4c3)cc2N(c2ccccc2)c2ccc3c(c2)sc2ccccc23)cc1. The van der Waals surface area contributed by atoms with Crippen molar-refractivity contribution >= 4 is 207 Å². The Morgan fingerprint density at radius 3 is 0.912 bits per heavy atom. The summed E-state index contributed by atoms with van der Waals surface area (Å²) in [6, 6.07) is 140. The molecule has 0 saturated carbocycles. The van der Waals surface area contributed by atoms with Gasteiger partial charge in [-0.2, -0.15) is 0 Å². The Morgan fingerprint density at radius 1 is 0.219 bits per heavy atom. The van der Waals surface area contributed by atoms with Crippen molar-refractivity contribution in [1.29, 1.82) is 0 Å². The van der Waals surface area contributed by atoms with Crippen LogP contribution >= 0.6 is 45.3 Å². The summed E-state index contributed by atoms with van der Waals surface area (Å²) in [6.45, 7) is 10.5. The van der Waals surface area contributed by atoms with Crippen molar-refractivity contribution in [3.63, 3.8) is 0 Å². The first-order chi connectivity index (χ1) is 55.9. The van der Waals surface area contributed by atoms with Crippen molar-refractivity contribution in [2.75, 3.05) is 19.6 Å². The minimum absolute atomic E-state index is 0.298. The molecule has 1 saturated heterocycles. The van der Waals surface area contributed by atoms with E-state index in [-0.39, 0.29) is 18.3 Å². The summed E-state index contributed by atoms with van der Waals surface area (Å²) in [5.41, 5.74) is 17.4. The van der Waals surface area contributed by atoms with Crippen LogP contribution in [0.15, 0.2) is 388 Å². The van der Waals surface area contributed by atoms with E-state index in [1.54, 1.807) is 0 Å². The highest BCUT2D eigenvalue weighted by molar-refractivity contribution is 7.27. The van der Waals surface area contributed by atoms with E-state index in [1.165, 1.54) is 97.4 Å². The normalized spacial score (nSPS) is 13.0. The van der Waals surface area contributed by atoms with Gasteiger partial charge in [-0.15, -0.1) is 45.3 Å². The summed E-state index contributed by atoms with van der Waals surface area (Å²) in [7, 11) is -0.298. The highest BCUT2D eigenvalue weighted by atomic mass is 32.1. The molecule has 114 heavy (non-hydrogen) atoms. The quantitative estimate of drug-likeness (QED) is 0.101. The number of nitrogens with zero attached hydrogens (tertiary/aromatic N) is 4. The van der Waals surface area contributed by atoms with Gasteiger partial charge in [-0.25, -0.2) is 0 Å². The van der Waals surface area contributed by atoms with Gasteiger partial charge in [0.2, 0.25) is 0 Å². The molecule has 11 heteroatoms. The van der Waals surface area contributed by atoms with E-state index in [0.717, 1.165) is 73.7 Å². The van der Waals surface area contributed by atoms with Crippen LogP contribution in [0.2, 0.25) is 0 Å². The Bertz CT molecular complexity index is 6770. The molecule has 0 N–H and O–H groups in total. The molecule has 0 unspecified atom stereocenters. The minimum atomic E-state index is -0.302. The number of para-hydroxylation sites is 6. The predicted molar refractivity (Wildman–Crippen MR) is 496 cm³/mol. The summed E-state index contributed by atoms with van der Waals surface area (Å²) >= 11 is 7.40. The Kier molecular flexibility index (Phi) is 19.3. The maximum absolute atomic E-state index is 6.17. The number of aryl methyl sites for hydroxylation is 1. The van der Waals surface area contributed by atoms with Gasteiger partial charge in [0.1, 0.15) is 0 Å². The standard InChI is InChI=1S/C48H32N2S2.C37H28N2S.C18H19BO2S/c1-4-14-35(15-5-1)49(36-16-6-2-7-17-36)43-28-24-34(33-25-29-47-42(30-33)40-21-11-13-23-46(40)51-47)31-44(43)50(37-18-8-3-9-19-37)38-26-27-41-39-20-10-12-22-45(39)52-48(41)32-38;1-27-21-24-34(38(28-13-5-2-6-14-28)29-15-7-3-8-16-29)35(25-27)39(30-17-9-4-10-18-30)31-22-23-33-32-19-11-12-20-36(32)40-37(33)26-31;1-17(2)18(3,4)21-19(20-17)12-9-10-16-14(11-12)13-7-5-6-8-15(13)22-16/h1-32H;2-26H,1H3;5-11H,1-4H3. The third-order valence-electron chi connectivity index (χ3n) is 22.0. The highest BCUT2D eigenvalue weighted by Gasteiger charge is 2.52. The molecule has 1 fully saturated rings. The first-order valence-corrected chi connectivity index (χ1v) is 42.0. The Balaban J connectivity index is 0.000000124. The molecule has 6 nitrogen and oxygen atoms in total. The lowest BCUT2D eigenvalue weighted by atomic mass is 9.78. The maximum atomic E-state index is 6.17. The lowest BCUT2D eigenvalue weighted by molar-refractivity contribution is 0.00578. The van der Waals surface area contributed by atoms with Gasteiger partial charge in [0.25, 0.3) is 0 Å². The maximum Gasteiger partial charge on any atom is 0.494 e. The number of thiophene rings is 4. The van der Waals surface area contributed by atoms with E-state index in [0.29, 0.717) is 0 Å². The van der Waals surface area contributed by atoms with Crippen LogP contribution in [0.1, 0.15) is 33.3 Å². The van der Waals surface area contributed by atoms with Crippen molar-refractivity contribution in [1.82, 2.24) is 0 Å². The highest BCUT2D eigenvalue weighted by Crippen LogP contribution is 2.52. The fraction of sp³-hybridized carbons (Fsp3) is 0.0680. The molecule has 5 heterocycles. The Morgan fingerprint density at radius 2 is 0.509 bits per heavy atom. The Hall–Kier alpha value is -12.4. The number of anilines is 12. The molecule has 20 aromatic rings. The van der Waals surface area contributed by atoms with Crippen LogP contribution in [0, 0.1) is 6.92 Å². The molecule has 4 aromatic heterocycles. The van der Waals surface area contributed by atoms with Crippen LogP contribution in [-0.2, 0) is 9.31 Å². The van der Waals surface area contributed by atoms with Gasteiger partial charge in [0, 0.05) is 121 Å². The van der Waals surface area contributed by atoms with Crippen molar-refractivity contribution in [2.45, 2.75) is 45.8 Å². The van der Waals surface area contributed by atoms with E-state index in [9.17, 15) is 0 Å². The van der Waals surface area contributed by atoms with Crippen LogP contribution in [0.5, 0.6) is 0 Å². The molecule has 0 amide bonds. The predicted octanol–water partition coefficient (Wildman–Crippen LogP) is 30.7. The molecule has 21 rings (SSSR count). The van der Waals surface area contributed by atoms with Crippen LogP contribution in [-0.4, -0.2) is 18.3 Å². The van der Waals surface area contributed by atoms with Gasteiger partial charge in [-0.3, -0.25) is 0 Å². The third-order valence-corrected chi connectivity index (χ3v) is 26.6. The van der Waals surface area contributed by atoms with Crippen LogP contribution in [0.3, 0.4) is 0 Å². The van der Waals surface area contributed by atoms with Crippen molar-refractivity contribution in [3.05, 3.63) is 394 Å². The van der Waals surface area contributed by atoms with Gasteiger partial charge in [0.15, 0.2) is 0 Å². The first-order valence-electron chi connectivity index (χ1n) is 38.7. The molecule has 1 aliphatic rings. The van der Waals surface area contributed by atoms with E-state index in [1.807, 2.05) is 45.3 Å². The van der Waals surface area contributed by atoms with Gasteiger partial charge in [0.05, 0.1) is 34.0 Å². The lowest BCUT2D eigenvalue weighted by Crippen LogP contribution is -2.41. The smallest absolute Gasteiger partial charge is 0.399 e. The molecule has 0 bridgehead atoms. The summed E-state index contributed by atoms with van der Waals surface area (Å²) in [5.74, 6) is 0. The molecular formula is C103H79BN4O2S4. The number of benzene rings is 16. The van der Waals surface area contributed by atoms with Gasteiger partial charge >= 0.3 is 7.12 Å². The Labute approximate surface area is 681 Å². The second-order valence-corrected chi connectivity index (χ2v) is 34.2. The first kappa shape index (κ1) is 71.9. The average Bonchev–Trinajstić information content (AvgIpc) is 1.31. The second kappa shape index (κ2) is 30.6. The number of fused-ring (bicyclic) bond motifs is 12. The molecule has 16 aromatic carbocycles. The zero-order valence-corrected chi connectivity index (χ0v) is 67.0. The summed E-state index contributed by atoms with van der Waals surface area (Å²) in [4.78, 5) is 9.55. The average molecular weight is 1540 g/mol. The molecule has 0 spiro atoms. The van der Waals surface area contributed by atoms with E-state index < -0.39 is 0 Å². The summed E-state index contributed by atoms with van der Waals surface area (Å²) < 4.78 is 22.8. The van der Waals surface area contributed by atoms with Crippen LogP contribution in [0.4, 0.5) is 68.2 Å². The zero-order valence-electron chi connectivity index (χ0n) is 63.8. The largest absolute Gasteiger partial charge is 0.494 e. The van der Waals surface area contributed by atoms with E-state index in [4.69, 9.17) is 9.31 Å². The van der Waals surface area contributed by atoms with E-state index in [2.05, 4.69) is 442 Å². The second-order valence-electron chi connectivity index (χ2n) is 29.9. The number of hydrogen-bond donors (Lipinski definition) is 0. The molecule has 0 atom stereocenters. The molecular weight excluding hydrogens is 1460 g/mol. The van der Waals surface area contributed by atoms with Gasteiger partial charge < -0.3 is 28.9 Å². The summed E-state index contributed by atoms with van der Waals surface area (Å²) in [6.07, 6.45) is 0. The third kappa shape index (κ3) is 13.8. The molecule has 0 radical (unpaired) electrons. The van der Waals surface area contributed by atoms with Gasteiger partial charge in [-0.1, -0.05) is 224 Å². The van der Waals surface area contributed by atoms with Crippen molar-refractivity contribution < 1.29 is 9.31 Å². The van der Waals surface area contributed by atoms with Crippen molar-refractivity contribution in [2.24, 2.45) is 0 Å². The topological polar surface area (TPSA) is 31.4 Å². The summed E-state index contributed by atoms with van der Waals surface area (Å²) in [5, 5.41) is 10.4. The number of hydrogen-bond acceptors (Lipinski definition) is 10. The van der Waals surface area contributed by atoms with Crippen molar-refractivity contribution in [3.8, 4) is 11.1 Å². The monoisotopic (exact) mass is 1540 g/mol. The minimum Gasteiger partial charge on any atom is -0.399 e. The molecule has 550 valence electrons. The fourth-order valence-electron chi connectivity index (χ4n) is 15.7. The number of rotatable bonds is 14. The van der Waals surface area contributed by atoms with Crippen LogP contribution in [0.25, 0.3) is 91.8 Å². The van der Waals surface area contributed by atoms with E-state index >= 15 is 0 Å². The lowest BCUT2D eigenvalue weighted by Gasteiger charge is -2.33. The molecule has 1 aliphatic heterocycles. The van der Waals surface area contributed by atoms with Gasteiger partial charge in [-0.05, 0) is 226 Å². The molecule has 0 aliphatic carbocycles. The fourth-order valence-corrected chi connectivity index (χ4v) is 20.2. The van der Waals surface area contributed by atoms with Crippen LogP contribution < -0.4 is 25.1 Å².